The molecule has 0 aliphatic carbocycles. The molecular weight excluding hydrogens is 236 g/mol. The fourth-order valence-electron chi connectivity index (χ4n) is 1.99. The van der Waals surface area contributed by atoms with Gasteiger partial charge in [-0.25, -0.2) is 0 Å². The molecule has 0 saturated heterocycles. The first kappa shape index (κ1) is 11.6. The monoisotopic (exact) mass is 251 g/mol. The number of pyridine rings is 1. The van der Waals surface area contributed by atoms with E-state index in [1.807, 2.05) is 40.8 Å². The summed E-state index contributed by atoms with van der Waals surface area (Å²) < 4.78 is 3.70. The zero-order valence-corrected chi connectivity index (χ0v) is 11.0. The van der Waals surface area contributed by atoms with E-state index < -0.39 is 0 Å². The number of benzene rings is 1. The molecular formula is C15H15N4+. The minimum Gasteiger partial charge on any atom is -0.252 e. The second-order valence-electron chi connectivity index (χ2n) is 4.52. The van der Waals surface area contributed by atoms with Gasteiger partial charge in [0.25, 0.3) is 0 Å². The van der Waals surface area contributed by atoms with Gasteiger partial charge in [-0.3, -0.25) is 4.98 Å². The maximum Gasteiger partial charge on any atom is 0.216 e. The SMILES string of the molecule is Cc1ccc(-n2cc(-c3ccccn3)[n+](C)n2)cc1. The maximum absolute atomic E-state index is 4.48. The summed E-state index contributed by atoms with van der Waals surface area (Å²) in [4.78, 5) is 4.36. The number of nitrogens with zero attached hydrogens (tertiary/aromatic N) is 4. The van der Waals surface area contributed by atoms with Crippen molar-refractivity contribution in [3.05, 3.63) is 60.4 Å². The number of rotatable bonds is 2. The number of aromatic nitrogens is 4. The highest BCUT2D eigenvalue weighted by atomic mass is 15.5. The smallest absolute Gasteiger partial charge is 0.216 e. The molecule has 19 heavy (non-hydrogen) atoms. The Morgan fingerprint density at radius 1 is 1.05 bits per heavy atom. The van der Waals surface area contributed by atoms with Crippen molar-refractivity contribution < 1.29 is 4.68 Å². The number of hydrogen-bond donors (Lipinski definition) is 0. The summed E-state index contributed by atoms with van der Waals surface area (Å²) in [5.74, 6) is 0. The largest absolute Gasteiger partial charge is 0.252 e. The lowest BCUT2D eigenvalue weighted by atomic mass is 10.2. The summed E-state index contributed by atoms with van der Waals surface area (Å²) in [6.07, 6.45) is 3.78. The van der Waals surface area contributed by atoms with Gasteiger partial charge in [0, 0.05) is 6.20 Å². The van der Waals surface area contributed by atoms with Gasteiger partial charge in [-0.15, -0.1) is 9.36 Å². The normalized spacial score (nSPS) is 10.6. The van der Waals surface area contributed by atoms with E-state index in [0.29, 0.717) is 0 Å². The van der Waals surface area contributed by atoms with E-state index in [-0.39, 0.29) is 0 Å². The predicted octanol–water partition coefficient (Wildman–Crippen LogP) is 2.07. The summed E-state index contributed by atoms with van der Waals surface area (Å²) in [5.41, 5.74) is 4.19. The van der Waals surface area contributed by atoms with E-state index in [0.717, 1.165) is 17.1 Å². The molecule has 0 aliphatic heterocycles. The van der Waals surface area contributed by atoms with Crippen LogP contribution in [-0.2, 0) is 7.05 Å². The van der Waals surface area contributed by atoms with Crippen molar-refractivity contribution >= 4 is 0 Å². The van der Waals surface area contributed by atoms with Crippen molar-refractivity contribution in [1.82, 2.24) is 14.9 Å². The molecule has 0 saturated carbocycles. The van der Waals surface area contributed by atoms with Gasteiger partial charge in [0.15, 0.2) is 11.9 Å². The van der Waals surface area contributed by atoms with Crippen molar-refractivity contribution in [3.63, 3.8) is 0 Å². The van der Waals surface area contributed by atoms with Crippen LogP contribution in [0.2, 0.25) is 0 Å². The lowest BCUT2D eigenvalue weighted by molar-refractivity contribution is -0.721. The van der Waals surface area contributed by atoms with E-state index in [2.05, 4.69) is 41.4 Å². The van der Waals surface area contributed by atoms with Crippen LogP contribution >= 0.6 is 0 Å². The molecule has 2 heterocycles. The van der Waals surface area contributed by atoms with Crippen molar-refractivity contribution in [2.75, 3.05) is 0 Å². The Labute approximate surface area is 112 Å². The van der Waals surface area contributed by atoms with Crippen LogP contribution in [0.3, 0.4) is 0 Å². The lowest BCUT2D eigenvalue weighted by Crippen LogP contribution is -2.33. The molecule has 1 aromatic carbocycles. The minimum absolute atomic E-state index is 0.920. The zero-order valence-electron chi connectivity index (χ0n) is 11.0. The van der Waals surface area contributed by atoms with Gasteiger partial charge >= 0.3 is 0 Å². The first-order valence-electron chi connectivity index (χ1n) is 6.18. The first-order chi connectivity index (χ1) is 9.24. The number of aryl methyl sites for hydroxylation is 2. The molecule has 0 amide bonds. The van der Waals surface area contributed by atoms with Gasteiger partial charge in [0.1, 0.15) is 12.7 Å². The predicted molar refractivity (Wildman–Crippen MR) is 72.7 cm³/mol. The molecule has 4 heteroatoms. The van der Waals surface area contributed by atoms with Gasteiger partial charge < -0.3 is 0 Å². The molecule has 0 bridgehead atoms. The molecule has 4 nitrogen and oxygen atoms in total. The summed E-state index contributed by atoms with van der Waals surface area (Å²) >= 11 is 0. The second-order valence-corrected chi connectivity index (χ2v) is 4.52. The Kier molecular flexibility index (Phi) is 2.83. The van der Waals surface area contributed by atoms with Crippen LogP contribution < -0.4 is 4.68 Å². The Bertz CT molecular complexity index is 684. The van der Waals surface area contributed by atoms with Crippen molar-refractivity contribution in [1.29, 1.82) is 0 Å². The van der Waals surface area contributed by atoms with Crippen molar-refractivity contribution in [2.45, 2.75) is 6.92 Å². The molecule has 3 aromatic rings. The zero-order chi connectivity index (χ0) is 13.2. The quantitative estimate of drug-likeness (QED) is 0.653. The third-order valence-electron chi connectivity index (χ3n) is 3.05. The van der Waals surface area contributed by atoms with Crippen molar-refractivity contribution in [3.8, 4) is 17.1 Å². The summed E-state index contributed by atoms with van der Waals surface area (Å²) in [6, 6.07) is 14.2. The van der Waals surface area contributed by atoms with E-state index in [1.165, 1.54) is 5.56 Å². The summed E-state index contributed by atoms with van der Waals surface area (Å²) in [6.45, 7) is 2.08. The van der Waals surface area contributed by atoms with E-state index in [9.17, 15) is 0 Å². The fraction of sp³-hybridized carbons (Fsp3) is 0.133. The Morgan fingerprint density at radius 2 is 1.84 bits per heavy atom. The molecule has 0 aliphatic rings. The van der Waals surface area contributed by atoms with Gasteiger partial charge in [-0.05, 0) is 31.2 Å². The van der Waals surface area contributed by atoms with Crippen LogP contribution in [0.4, 0.5) is 0 Å². The summed E-state index contributed by atoms with van der Waals surface area (Å²) in [5, 5.41) is 4.48. The summed E-state index contributed by atoms with van der Waals surface area (Å²) in [7, 11) is 1.93. The minimum atomic E-state index is 0.920. The third-order valence-corrected chi connectivity index (χ3v) is 3.05. The lowest BCUT2D eigenvalue weighted by Gasteiger charge is -1.93. The third kappa shape index (κ3) is 2.25. The highest BCUT2D eigenvalue weighted by Crippen LogP contribution is 2.13. The molecule has 0 N–H and O–H groups in total. The molecule has 3 rings (SSSR count). The molecule has 94 valence electrons. The standard InChI is InChI=1S/C15H15N4/c1-12-6-8-13(9-7-12)19-11-15(18(2)17-19)14-5-3-4-10-16-14/h3-11H,1-2H3/q+1. The fourth-order valence-corrected chi connectivity index (χ4v) is 1.99. The highest BCUT2D eigenvalue weighted by Gasteiger charge is 2.16. The molecule has 0 radical (unpaired) electrons. The van der Waals surface area contributed by atoms with Gasteiger partial charge in [0.05, 0.1) is 5.21 Å². The van der Waals surface area contributed by atoms with Gasteiger partial charge in [-0.2, -0.15) is 0 Å². The van der Waals surface area contributed by atoms with Crippen LogP contribution in [0.1, 0.15) is 5.56 Å². The van der Waals surface area contributed by atoms with Crippen LogP contribution in [0, 0.1) is 6.92 Å². The van der Waals surface area contributed by atoms with Crippen LogP contribution in [0.5, 0.6) is 0 Å². The highest BCUT2D eigenvalue weighted by molar-refractivity contribution is 5.49. The van der Waals surface area contributed by atoms with Crippen LogP contribution in [0.25, 0.3) is 17.1 Å². The molecule has 0 unspecified atom stereocenters. The molecule has 0 fully saturated rings. The topological polar surface area (TPSA) is 34.6 Å². The van der Waals surface area contributed by atoms with E-state index in [1.54, 1.807) is 6.20 Å². The van der Waals surface area contributed by atoms with Crippen LogP contribution in [0.15, 0.2) is 54.9 Å². The Hall–Kier alpha value is -2.49. The maximum atomic E-state index is 4.48. The van der Waals surface area contributed by atoms with Crippen molar-refractivity contribution in [2.24, 2.45) is 7.05 Å². The second kappa shape index (κ2) is 4.65. The van der Waals surface area contributed by atoms with Crippen LogP contribution in [-0.4, -0.2) is 14.9 Å². The molecule has 0 spiro atoms. The number of hydrogen-bond acceptors (Lipinski definition) is 2. The average molecular weight is 251 g/mol. The van der Waals surface area contributed by atoms with E-state index in [4.69, 9.17) is 0 Å². The van der Waals surface area contributed by atoms with Gasteiger partial charge in [-0.1, -0.05) is 23.8 Å². The molecule has 0 atom stereocenters. The van der Waals surface area contributed by atoms with E-state index >= 15 is 0 Å². The average Bonchev–Trinajstić information content (AvgIpc) is 2.83. The Balaban J connectivity index is 2.04. The Morgan fingerprint density at radius 3 is 2.53 bits per heavy atom. The molecule has 2 aromatic heterocycles. The first-order valence-corrected chi connectivity index (χ1v) is 6.18. The van der Waals surface area contributed by atoms with Gasteiger partial charge in [0.2, 0.25) is 5.69 Å².